The van der Waals surface area contributed by atoms with Crippen molar-refractivity contribution in [1.29, 1.82) is 0 Å². The van der Waals surface area contributed by atoms with Crippen LogP contribution >= 0.6 is 0 Å². The second-order valence-electron chi connectivity index (χ2n) is 5.88. The molecule has 0 bridgehead atoms. The largest absolute Gasteiger partial charge is 0.493 e. The van der Waals surface area contributed by atoms with Gasteiger partial charge in [-0.3, -0.25) is 19.7 Å². The monoisotopic (exact) mass is 372 g/mol. The summed E-state index contributed by atoms with van der Waals surface area (Å²) in [4.78, 5) is 33.5. The number of ether oxygens (including phenoxy) is 2. The number of carbonyl (C=O) groups is 2. The summed E-state index contributed by atoms with van der Waals surface area (Å²) < 4.78 is 10.5. The van der Waals surface area contributed by atoms with E-state index in [1.165, 1.54) is 24.3 Å². The minimum atomic E-state index is -0.556. The van der Waals surface area contributed by atoms with Crippen molar-refractivity contribution in [2.24, 2.45) is 0 Å². The molecule has 0 aliphatic carbocycles. The molecule has 27 heavy (non-hydrogen) atoms. The summed E-state index contributed by atoms with van der Waals surface area (Å²) in [5.74, 6) is -0.384. The first-order valence-electron chi connectivity index (χ1n) is 8.25. The van der Waals surface area contributed by atoms with Gasteiger partial charge in [0, 0.05) is 17.8 Å². The number of nitrogens with one attached hydrogen (secondary N) is 1. The maximum atomic E-state index is 11.8. The van der Waals surface area contributed by atoms with Crippen LogP contribution in [0.25, 0.3) is 0 Å². The number of benzene rings is 2. The minimum absolute atomic E-state index is 0.0121. The quantitative estimate of drug-likeness (QED) is 0.433. The molecule has 142 valence electrons. The molecule has 0 aromatic heterocycles. The van der Waals surface area contributed by atoms with Crippen LogP contribution in [0, 0.1) is 24.0 Å². The van der Waals surface area contributed by atoms with Crippen molar-refractivity contribution >= 4 is 23.3 Å². The van der Waals surface area contributed by atoms with Crippen molar-refractivity contribution in [2.45, 2.75) is 20.3 Å². The second kappa shape index (κ2) is 9.33. The number of esters is 1. The van der Waals surface area contributed by atoms with Crippen molar-refractivity contribution < 1.29 is 24.0 Å². The second-order valence-corrected chi connectivity index (χ2v) is 5.88. The fourth-order valence-corrected chi connectivity index (χ4v) is 2.19. The summed E-state index contributed by atoms with van der Waals surface area (Å²) in [7, 11) is 0. The van der Waals surface area contributed by atoms with Crippen LogP contribution in [0.2, 0.25) is 0 Å². The number of amides is 1. The van der Waals surface area contributed by atoms with E-state index in [4.69, 9.17) is 9.47 Å². The van der Waals surface area contributed by atoms with Crippen LogP contribution < -0.4 is 10.1 Å². The Labute approximate surface area is 156 Å². The summed E-state index contributed by atoms with van der Waals surface area (Å²) in [5.41, 5.74) is 2.32. The zero-order valence-corrected chi connectivity index (χ0v) is 15.1. The highest BCUT2D eigenvalue weighted by molar-refractivity contribution is 5.92. The third-order valence-corrected chi connectivity index (χ3v) is 3.63. The summed E-state index contributed by atoms with van der Waals surface area (Å²) in [5, 5.41) is 13.1. The van der Waals surface area contributed by atoms with Gasteiger partial charge in [0.05, 0.1) is 18.0 Å². The Hall–Kier alpha value is -3.42. The molecule has 2 rings (SSSR count). The normalized spacial score (nSPS) is 10.1. The molecular weight excluding hydrogens is 352 g/mol. The third kappa shape index (κ3) is 6.43. The van der Waals surface area contributed by atoms with Gasteiger partial charge in [0.15, 0.2) is 6.61 Å². The Morgan fingerprint density at radius 1 is 1.11 bits per heavy atom. The van der Waals surface area contributed by atoms with Gasteiger partial charge in [-0.2, -0.15) is 0 Å². The Bertz CT molecular complexity index is 833. The van der Waals surface area contributed by atoms with Gasteiger partial charge in [-0.15, -0.1) is 0 Å². The van der Waals surface area contributed by atoms with Gasteiger partial charge < -0.3 is 14.8 Å². The van der Waals surface area contributed by atoms with E-state index in [1.54, 1.807) is 0 Å². The van der Waals surface area contributed by atoms with E-state index < -0.39 is 23.4 Å². The molecule has 0 spiro atoms. The molecule has 0 aliphatic heterocycles. The lowest BCUT2D eigenvalue weighted by molar-refractivity contribution is -0.384. The standard InChI is InChI=1S/C19H20N2O6/c1-13-3-4-14(2)17(11-13)26-10-9-19(23)27-12-18(22)20-15-5-7-16(8-6-15)21(24)25/h3-8,11H,9-10,12H2,1-2H3,(H,20,22). The van der Waals surface area contributed by atoms with Crippen molar-refractivity contribution in [3.8, 4) is 5.75 Å². The first-order valence-corrected chi connectivity index (χ1v) is 8.25. The zero-order chi connectivity index (χ0) is 19.8. The predicted octanol–water partition coefficient (Wildman–Crippen LogP) is 3.16. The van der Waals surface area contributed by atoms with E-state index in [9.17, 15) is 19.7 Å². The molecule has 8 nitrogen and oxygen atoms in total. The number of hydrogen-bond donors (Lipinski definition) is 1. The molecule has 8 heteroatoms. The number of anilines is 1. The van der Waals surface area contributed by atoms with Gasteiger partial charge in [0.2, 0.25) is 0 Å². The van der Waals surface area contributed by atoms with Crippen LogP contribution in [0.4, 0.5) is 11.4 Å². The van der Waals surface area contributed by atoms with Gasteiger partial charge in [-0.1, -0.05) is 12.1 Å². The summed E-state index contributed by atoms with van der Waals surface area (Å²) in [6, 6.07) is 11.1. The average molecular weight is 372 g/mol. The Kier molecular flexibility index (Phi) is 6.87. The highest BCUT2D eigenvalue weighted by atomic mass is 16.6. The molecule has 0 unspecified atom stereocenters. The molecule has 2 aromatic carbocycles. The van der Waals surface area contributed by atoms with Crippen LogP contribution in [0.15, 0.2) is 42.5 Å². The molecule has 0 heterocycles. The Morgan fingerprint density at radius 3 is 2.48 bits per heavy atom. The summed E-state index contributed by atoms with van der Waals surface area (Å²) >= 11 is 0. The topological polar surface area (TPSA) is 108 Å². The SMILES string of the molecule is Cc1ccc(C)c(OCCC(=O)OCC(=O)Nc2ccc([N+](=O)[O-])cc2)c1. The van der Waals surface area contributed by atoms with Gasteiger partial charge >= 0.3 is 5.97 Å². The summed E-state index contributed by atoms with van der Waals surface area (Å²) in [6.45, 7) is 3.56. The average Bonchev–Trinajstić information content (AvgIpc) is 2.63. The molecule has 0 aliphatic rings. The van der Waals surface area contributed by atoms with Crippen LogP contribution in [0.5, 0.6) is 5.75 Å². The molecule has 0 fully saturated rings. The maximum Gasteiger partial charge on any atom is 0.309 e. The molecule has 0 atom stereocenters. The van der Waals surface area contributed by atoms with Gasteiger partial charge in [-0.05, 0) is 43.2 Å². The fraction of sp³-hybridized carbons (Fsp3) is 0.263. The third-order valence-electron chi connectivity index (χ3n) is 3.63. The number of nitro benzene ring substituents is 1. The van der Waals surface area contributed by atoms with Crippen molar-refractivity contribution in [3.63, 3.8) is 0 Å². The van der Waals surface area contributed by atoms with E-state index in [0.717, 1.165) is 11.1 Å². The zero-order valence-electron chi connectivity index (χ0n) is 15.1. The number of aryl methyl sites for hydroxylation is 2. The van der Waals surface area contributed by atoms with Crippen LogP contribution in [0.3, 0.4) is 0 Å². The fourth-order valence-electron chi connectivity index (χ4n) is 2.19. The molecular formula is C19H20N2O6. The first-order chi connectivity index (χ1) is 12.8. The maximum absolute atomic E-state index is 11.8. The molecule has 0 saturated heterocycles. The van der Waals surface area contributed by atoms with E-state index in [-0.39, 0.29) is 18.7 Å². The first kappa shape index (κ1) is 19.9. The molecule has 2 aromatic rings. The number of non-ortho nitro benzene ring substituents is 1. The van der Waals surface area contributed by atoms with E-state index >= 15 is 0 Å². The predicted molar refractivity (Wildman–Crippen MR) is 98.7 cm³/mol. The Morgan fingerprint density at radius 2 is 1.81 bits per heavy atom. The number of hydrogen-bond acceptors (Lipinski definition) is 6. The lowest BCUT2D eigenvalue weighted by Crippen LogP contribution is -2.21. The number of nitro groups is 1. The molecule has 1 amide bonds. The van der Waals surface area contributed by atoms with Crippen LogP contribution in [-0.4, -0.2) is 30.0 Å². The lowest BCUT2D eigenvalue weighted by atomic mass is 10.1. The molecule has 0 saturated carbocycles. The number of nitrogens with zero attached hydrogens (tertiary/aromatic N) is 1. The smallest absolute Gasteiger partial charge is 0.309 e. The molecule has 0 radical (unpaired) electrons. The van der Waals surface area contributed by atoms with E-state index in [0.29, 0.717) is 11.4 Å². The van der Waals surface area contributed by atoms with E-state index in [1.807, 2.05) is 32.0 Å². The van der Waals surface area contributed by atoms with E-state index in [2.05, 4.69) is 5.32 Å². The highest BCUT2D eigenvalue weighted by Gasteiger charge is 2.10. The highest BCUT2D eigenvalue weighted by Crippen LogP contribution is 2.19. The summed E-state index contributed by atoms with van der Waals surface area (Å²) in [6.07, 6.45) is 0.0121. The van der Waals surface area contributed by atoms with Crippen LogP contribution in [-0.2, 0) is 14.3 Å². The number of rotatable bonds is 8. The van der Waals surface area contributed by atoms with Gasteiger partial charge in [0.1, 0.15) is 5.75 Å². The lowest BCUT2D eigenvalue weighted by Gasteiger charge is -2.10. The van der Waals surface area contributed by atoms with Crippen molar-refractivity contribution in [2.75, 3.05) is 18.5 Å². The number of carbonyl (C=O) groups excluding carboxylic acids is 2. The van der Waals surface area contributed by atoms with Crippen molar-refractivity contribution in [1.82, 2.24) is 0 Å². The van der Waals surface area contributed by atoms with Crippen molar-refractivity contribution in [3.05, 3.63) is 63.7 Å². The minimum Gasteiger partial charge on any atom is -0.493 e. The van der Waals surface area contributed by atoms with Crippen LogP contribution in [0.1, 0.15) is 17.5 Å². The van der Waals surface area contributed by atoms with Gasteiger partial charge in [0.25, 0.3) is 11.6 Å². The van der Waals surface area contributed by atoms with Gasteiger partial charge in [-0.25, -0.2) is 0 Å². The molecule has 1 N–H and O–H groups in total. The Balaban J connectivity index is 1.70.